The maximum Gasteiger partial charge on any atom is 0.243 e. The summed E-state index contributed by atoms with van der Waals surface area (Å²) in [5.74, 6) is -0.483. The van der Waals surface area contributed by atoms with Crippen molar-refractivity contribution in [2.45, 2.75) is 36.6 Å². The molecule has 1 aromatic carbocycles. The Hall–Kier alpha value is -0.980. The first-order valence-electron chi connectivity index (χ1n) is 6.51. The molecule has 2 rings (SSSR count). The lowest BCUT2D eigenvalue weighted by Crippen LogP contribution is -2.44. The van der Waals surface area contributed by atoms with E-state index in [9.17, 15) is 12.8 Å². The lowest BCUT2D eigenvalue weighted by Gasteiger charge is -2.23. The Bertz CT molecular complexity index is 527. The highest BCUT2D eigenvalue weighted by atomic mass is 32.2. The van der Waals surface area contributed by atoms with E-state index < -0.39 is 15.8 Å². The van der Waals surface area contributed by atoms with Crippen molar-refractivity contribution in [3.8, 4) is 0 Å². The van der Waals surface area contributed by atoms with Crippen LogP contribution in [0.3, 0.4) is 0 Å². The van der Waals surface area contributed by atoms with Crippen LogP contribution in [0.15, 0.2) is 29.2 Å². The van der Waals surface area contributed by atoms with E-state index in [4.69, 9.17) is 5.73 Å². The summed E-state index contributed by atoms with van der Waals surface area (Å²) in [6, 6.07) is 5.06. The summed E-state index contributed by atoms with van der Waals surface area (Å²) in [5, 5.41) is 0. The molecule has 106 valence electrons. The molecule has 1 fully saturated rings. The van der Waals surface area contributed by atoms with Gasteiger partial charge in [-0.25, -0.2) is 17.5 Å². The van der Waals surface area contributed by atoms with E-state index >= 15 is 0 Å². The summed E-state index contributed by atoms with van der Waals surface area (Å²) in [6.07, 6.45) is 4.15. The maximum absolute atomic E-state index is 13.6. The summed E-state index contributed by atoms with van der Waals surface area (Å²) in [5.41, 5.74) is 5.66. The number of rotatable bonds is 5. The molecule has 0 heterocycles. The smallest absolute Gasteiger partial charge is 0.243 e. The molecule has 0 spiro atoms. The fourth-order valence-corrected chi connectivity index (χ4v) is 4.02. The molecule has 0 aliphatic heterocycles. The predicted octanol–water partition coefficient (Wildman–Crippen LogP) is 1.62. The molecule has 3 N–H and O–H groups in total. The number of halogens is 1. The molecule has 6 heteroatoms. The minimum Gasteiger partial charge on any atom is -0.329 e. The van der Waals surface area contributed by atoms with Crippen LogP contribution in [-0.2, 0) is 10.0 Å². The van der Waals surface area contributed by atoms with Gasteiger partial charge in [-0.2, -0.15) is 0 Å². The van der Waals surface area contributed by atoms with Crippen LogP contribution in [0.2, 0.25) is 0 Å². The number of hydrogen-bond donors (Lipinski definition) is 2. The number of nitrogens with two attached hydrogens (primary N) is 1. The molecule has 1 aromatic rings. The van der Waals surface area contributed by atoms with Crippen LogP contribution in [0, 0.1) is 11.7 Å². The van der Waals surface area contributed by atoms with Crippen molar-refractivity contribution in [3.63, 3.8) is 0 Å². The van der Waals surface area contributed by atoms with E-state index in [0.717, 1.165) is 31.7 Å². The SMILES string of the molecule is NCC(NS(=O)(=O)c1ccccc1F)C1CCCC1. The fraction of sp³-hybridized carbons (Fsp3) is 0.538. The second kappa shape index (κ2) is 5.98. The predicted molar refractivity (Wildman–Crippen MR) is 71.5 cm³/mol. The van der Waals surface area contributed by atoms with Crippen LogP contribution >= 0.6 is 0 Å². The largest absolute Gasteiger partial charge is 0.329 e. The van der Waals surface area contributed by atoms with Gasteiger partial charge in [-0.05, 0) is 30.9 Å². The van der Waals surface area contributed by atoms with E-state index in [1.807, 2.05) is 0 Å². The van der Waals surface area contributed by atoms with Crippen molar-refractivity contribution >= 4 is 10.0 Å². The minimum atomic E-state index is -3.84. The maximum atomic E-state index is 13.6. The molecule has 19 heavy (non-hydrogen) atoms. The zero-order valence-electron chi connectivity index (χ0n) is 10.7. The molecule has 1 aliphatic carbocycles. The van der Waals surface area contributed by atoms with Gasteiger partial charge in [-0.3, -0.25) is 0 Å². The first kappa shape index (κ1) is 14.4. The van der Waals surface area contributed by atoms with Gasteiger partial charge in [0, 0.05) is 12.6 Å². The van der Waals surface area contributed by atoms with Gasteiger partial charge in [0.25, 0.3) is 0 Å². The van der Waals surface area contributed by atoms with Crippen LogP contribution in [0.25, 0.3) is 0 Å². The zero-order chi connectivity index (χ0) is 13.9. The molecule has 1 saturated carbocycles. The number of benzene rings is 1. The van der Waals surface area contributed by atoms with Gasteiger partial charge in [0.2, 0.25) is 10.0 Å². The standard InChI is InChI=1S/C13H19FN2O2S/c14-11-7-3-4-8-13(11)19(17,18)16-12(9-15)10-5-1-2-6-10/h3-4,7-8,10,12,16H,1-2,5-6,9,15H2. The summed E-state index contributed by atoms with van der Waals surface area (Å²) in [6.45, 7) is 0.234. The Labute approximate surface area is 113 Å². The summed E-state index contributed by atoms with van der Waals surface area (Å²) < 4.78 is 40.5. The van der Waals surface area contributed by atoms with Crippen LogP contribution < -0.4 is 10.5 Å². The third-order valence-electron chi connectivity index (χ3n) is 3.66. The van der Waals surface area contributed by atoms with Crippen LogP contribution in [-0.4, -0.2) is 21.0 Å². The minimum absolute atomic E-state index is 0.234. The Morgan fingerprint density at radius 3 is 2.53 bits per heavy atom. The second-order valence-electron chi connectivity index (χ2n) is 4.94. The van der Waals surface area contributed by atoms with Gasteiger partial charge >= 0.3 is 0 Å². The Kier molecular flexibility index (Phi) is 4.54. The van der Waals surface area contributed by atoms with Gasteiger partial charge in [0.1, 0.15) is 10.7 Å². The van der Waals surface area contributed by atoms with E-state index in [0.29, 0.717) is 0 Å². The molecule has 0 aromatic heterocycles. The molecule has 0 bridgehead atoms. The average Bonchev–Trinajstić information content (AvgIpc) is 2.90. The highest BCUT2D eigenvalue weighted by Gasteiger charge is 2.29. The molecule has 0 amide bonds. The van der Waals surface area contributed by atoms with Crippen LogP contribution in [0.1, 0.15) is 25.7 Å². The zero-order valence-corrected chi connectivity index (χ0v) is 11.5. The Morgan fingerprint density at radius 1 is 1.32 bits per heavy atom. The number of sulfonamides is 1. The van der Waals surface area contributed by atoms with Gasteiger partial charge in [-0.1, -0.05) is 25.0 Å². The molecular formula is C13H19FN2O2S. The fourth-order valence-electron chi connectivity index (χ4n) is 2.62. The van der Waals surface area contributed by atoms with Gasteiger partial charge in [-0.15, -0.1) is 0 Å². The molecule has 0 saturated heterocycles. The molecule has 1 unspecified atom stereocenters. The summed E-state index contributed by atoms with van der Waals surface area (Å²) in [4.78, 5) is -0.313. The molecule has 1 atom stereocenters. The van der Waals surface area contributed by atoms with Gasteiger partial charge < -0.3 is 5.73 Å². The van der Waals surface area contributed by atoms with E-state index in [-0.39, 0.29) is 23.4 Å². The van der Waals surface area contributed by atoms with E-state index in [2.05, 4.69) is 4.72 Å². The third kappa shape index (κ3) is 3.32. The van der Waals surface area contributed by atoms with Gasteiger partial charge in [0.05, 0.1) is 0 Å². The third-order valence-corrected chi connectivity index (χ3v) is 5.18. The van der Waals surface area contributed by atoms with Crippen LogP contribution in [0.5, 0.6) is 0 Å². The lowest BCUT2D eigenvalue weighted by molar-refractivity contribution is 0.404. The first-order valence-corrected chi connectivity index (χ1v) is 8.00. The van der Waals surface area contributed by atoms with Crippen molar-refractivity contribution in [3.05, 3.63) is 30.1 Å². The van der Waals surface area contributed by atoms with Crippen molar-refractivity contribution in [2.24, 2.45) is 11.7 Å². The topological polar surface area (TPSA) is 72.2 Å². The summed E-state index contributed by atoms with van der Waals surface area (Å²) in [7, 11) is -3.84. The highest BCUT2D eigenvalue weighted by molar-refractivity contribution is 7.89. The number of nitrogens with one attached hydrogen (secondary N) is 1. The normalized spacial score (nSPS) is 18.6. The van der Waals surface area contributed by atoms with Crippen LogP contribution in [0.4, 0.5) is 4.39 Å². The lowest BCUT2D eigenvalue weighted by atomic mass is 9.99. The first-order chi connectivity index (χ1) is 9.04. The van der Waals surface area contributed by atoms with E-state index in [1.54, 1.807) is 0 Å². The highest BCUT2D eigenvalue weighted by Crippen LogP contribution is 2.28. The monoisotopic (exact) mass is 286 g/mol. The van der Waals surface area contributed by atoms with Gasteiger partial charge in [0.15, 0.2) is 0 Å². The van der Waals surface area contributed by atoms with E-state index in [1.165, 1.54) is 18.2 Å². The summed E-state index contributed by atoms with van der Waals surface area (Å²) >= 11 is 0. The Morgan fingerprint density at radius 2 is 1.95 bits per heavy atom. The van der Waals surface area contributed by atoms with Crippen molar-refractivity contribution in [1.29, 1.82) is 0 Å². The Balaban J connectivity index is 2.18. The quantitative estimate of drug-likeness (QED) is 0.864. The number of hydrogen-bond acceptors (Lipinski definition) is 3. The molecule has 1 aliphatic rings. The van der Waals surface area contributed by atoms with Crippen molar-refractivity contribution in [1.82, 2.24) is 4.72 Å². The molecule has 0 radical (unpaired) electrons. The molecule has 4 nitrogen and oxygen atoms in total. The van der Waals surface area contributed by atoms with Crippen molar-refractivity contribution in [2.75, 3.05) is 6.54 Å². The second-order valence-corrected chi connectivity index (χ2v) is 6.62. The molecular weight excluding hydrogens is 267 g/mol. The average molecular weight is 286 g/mol. The van der Waals surface area contributed by atoms with Crippen molar-refractivity contribution < 1.29 is 12.8 Å².